The van der Waals surface area contributed by atoms with Gasteiger partial charge in [-0.25, -0.2) is 0 Å². The van der Waals surface area contributed by atoms with E-state index in [1.807, 2.05) is 4.90 Å². The summed E-state index contributed by atoms with van der Waals surface area (Å²) in [6, 6.07) is 0. The molecule has 14 heavy (non-hydrogen) atoms. The molecule has 1 saturated heterocycles. The third-order valence-corrected chi connectivity index (χ3v) is 3.49. The average molecular weight is 197 g/mol. The number of likely N-dealkylation sites (N-methyl/N-ethyl adjacent to an activating group) is 1. The minimum Gasteiger partial charge on any atom is -0.340 e. The maximum absolute atomic E-state index is 12.0. The van der Waals surface area contributed by atoms with Gasteiger partial charge in [0.25, 0.3) is 0 Å². The highest BCUT2D eigenvalue weighted by molar-refractivity contribution is 5.85. The molecule has 4 nitrogen and oxygen atoms in total. The molecular weight excluding hydrogens is 178 g/mol. The number of piperazine rings is 1. The predicted molar refractivity (Wildman–Crippen MR) is 54.8 cm³/mol. The van der Waals surface area contributed by atoms with Crippen LogP contribution in [0.3, 0.4) is 0 Å². The summed E-state index contributed by atoms with van der Waals surface area (Å²) in [6.07, 6.45) is 1.99. The van der Waals surface area contributed by atoms with Crippen molar-refractivity contribution in [2.24, 2.45) is 11.1 Å². The van der Waals surface area contributed by atoms with E-state index in [0.29, 0.717) is 12.5 Å². The molecule has 0 aromatic rings. The second-order valence-electron chi connectivity index (χ2n) is 4.58. The van der Waals surface area contributed by atoms with Gasteiger partial charge in [-0.15, -0.1) is 0 Å². The van der Waals surface area contributed by atoms with Gasteiger partial charge < -0.3 is 15.5 Å². The molecule has 0 bridgehead atoms. The molecule has 1 amide bonds. The fourth-order valence-electron chi connectivity index (χ4n) is 2.00. The summed E-state index contributed by atoms with van der Waals surface area (Å²) < 4.78 is 0. The highest BCUT2D eigenvalue weighted by Crippen LogP contribution is 2.46. The van der Waals surface area contributed by atoms with Crippen LogP contribution < -0.4 is 5.73 Å². The second kappa shape index (κ2) is 3.51. The molecule has 0 aromatic heterocycles. The van der Waals surface area contributed by atoms with Crippen molar-refractivity contribution < 1.29 is 4.79 Å². The van der Waals surface area contributed by atoms with E-state index in [9.17, 15) is 4.79 Å². The molecule has 4 heteroatoms. The van der Waals surface area contributed by atoms with Crippen molar-refractivity contribution in [1.29, 1.82) is 0 Å². The highest BCUT2D eigenvalue weighted by Gasteiger charge is 2.50. The van der Waals surface area contributed by atoms with Crippen molar-refractivity contribution in [3.05, 3.63) is 0 Å². The zero-order chi connectivity index (χ0) is 10.2. The van der Waals surface area contributed by atoms with Crippen molar-refractivity contribution in [3.63, 3.8) is 0 Å². The van der Waals surface area contributed by atoms with Crippen LogP contribution in [0, 0.1) is 5.41 Å². The van der Waals surface area contributed by atoms with E-state index < -0.39 is 0 Å². The van der Waals surface area contributed by atoms with Crippen LogP contribution in [0.5, 0.6) is 0 Å². The summed E-state index contributed by atoms with van der Waals surface area (Å²) in [6.45, 7) is 4.26. The zero-order valence-corrected chi connectivity index (χ0v) is 8.83. The Labute approximate surface area is 85.0 Å². The predicted octanol–water partition coefficient (Wildman–Crippen LogP) is -0.501. The number of carbonyl (C=O) groups is 1. The third-order valence-electron chi connectivity index (χ3n) is 3.49. The molecule has 1 aliphatic heterocycles. The first-order valence-corrected chi connectivity index (χ1v) is 5.36. The average Bonchev–Trinajstić information content (AvgIpc) is 2.99. The Kier molecular flexibility index (Phi) is 2.49. The van der Waals surface area contributed by atoms with E-state index in [1.54, 1.807) is 0 Å². The smallest absolute Gasteiger partial charge is 0.230 e. The number of carbonyl (C=O) groups excluding carboxylic acids is 1. The van der Waals surface area contributed by atoms with Gasteiger partial charge in [0, 0.05) is 32.7 Å². The number of nitrogens with zero attached hydrogens (tertiary/aromatic N) is 2. The summed E-state index contributed by atoms with van der Waals surface area (Å²) in [5, 5.41) is 0. The highest BCUT2D eigenvalue weighted by atomic mass is 16.2. The Morgan fingerprint density at radius 3 is 2.29 bits per heavy atom. The van der Waals surface area contributed by atoms with Gasteiger partial charge >= 0.3 is 0 Å². The molecule has 2 aliphatic rings. The lowest BCUT2D eigenvalue weighted by atomic mass is 10.1. The lowest BCUT2D eigenvalue weighted by molar-refractivity contribution is -0.138. The SMILES string of the molecule is CN1CCN(C(=O)C2(CN)CC2)CC1. The maximum atomic E-state index is 12.0. The van der Waals surface area contributed by atoms with Crippen LogP contribution in [0.1, 0.15) is 12.8 Å². The zero-order valence-electron chi connectivity index (χ0n) is 8.83. The first-order valence-electron chi connectivity index (χ1n) is 5.36. The molecule has 0 spiro atoms. The van der Waals surface area contributed by atoms with Crippen LogP contribution in [0.25, 0.3) is 0 Å². The molecule has 1 aliphatic carbocycles. The Morgan fingerprint density at radius 1 is 1.29 bits per heavy atom. The Morgan fingerprint density at radius 2 is 1.86 bits per heavy atom. The summed E-state index contributed by atoms with van der Waals surface area (Å²) in [4.78, 5) is 16.3. The quantitative estimate of drug-likeness (QED) is 0.649. The third kappa shape index (κ3) is 1.64. The molecule has 1 heterocycles. The number of amides is 1. The van der Waals surface area contributed by atoms with Crippen LogP contribution in [0.15, 0.2) is 0 Å². The van der Waals surface area contributed by atoms with Crippen molar-refractivity contribution in [2.75, 3.05) is 39.8 Å². The molecule has 0 aromatic carbocycles. The van der Waals surface area contributed by atoms with Gasteiger partial charge in [-0.05, 0) is 19.9 Å². The second-order valence-corrected chi connectivity index (χ2v) is 4.58. The van der Waals surface area contributed by atoms with Gasteiger partial charge in [0.15, 0.2) is 0 Å². The van der Waals surface area contributed by atoms with Crippen molar-refractivity contribution >= 4 is 5.91 Å². The largest absolute Gasteiger partial charge is 0.340 e. The number of nitrogens with two attached hydrogens (primary N) is 1. The number of rotatable bonds is 2. The van der Waals surface area contributed by atoms with Crippen molar-refractivity contribution in [1.82, 2.24) is 9.80 Å². The summed E-state index contributed by atoms with van der Waals surface area (Å²) >= 11 is 0. The van der Waals surface area contributed by atoms with Gasteiger partial charge in [-0.1, -0.05) is 0 Å². The Bertz CT molecular complexity index is 230. The van der Waals surface area contributed by atoms with Gasteiger partial charge in [-0.3, -0.25) is 4.79 Å². The molecule has 2 rings (SSSR count). The molecule has 0 unspecified atom stereocenters. The van der Waals surface area contributed by atoms with E-state index in [4.69, 9.17) is 5.73 Å². The lowest BCUT2D eigenvalue weighted by Gasteiger charge is -2.34. The monoisotopic (exact) mass is 197 g/mol. The molecule has 0 radical (unpaired) electrons. The summed E-state index contributed by atoms with van der Waals surface area (Å²) in [7, 11) is 2.09. The van der Waals surface area contributed by atoms with Crippen LogP contribution in [0.2, 0.25) is 0 Å². The molecule has 2 fully saturated rings. The Hall–Kier alpha value is -0.610. The molecule has 0 atom stereocenters. The standard InChI is InChI=1S/C10H19N3O/c1-12-4-6-13(7-5-12)9(14)10(8-11)2-3-10/h2-8,11H2,1H3. The normalized spacial score (nSPS) is 26.3. The molecule has 1 saturated carbocycles. The molecular formula is C10H19N3O. The van der Waals surface area contributed by atoms with E-state index in [1.165, 1.54) is 0 Å². The van der Waals surface area contributed by atoms with Gasteiger partial charge in [0.05, 0.1) is 5.41 Å². The maximum Gasteiger partial charge on any atom is 0.230 e. The van der Waals surface area contributed by atoms with E-state index in [2.05, 4.69) is 11.9 Å². The van der Waals surface area contributed by atoms with E-state index in [0.717, 1.165) is 39.0 Å². The van der Waals surface area contributed by atoms with E-state index >= 15 is 0 Å². The fourth-order valence-corrected chi connectivity index (χ4v) is 2.00. The molecule has 80 valence electrons. The lowest BCUT2D eigenvalue weighted by Crippen LogP contribution is -2.50. The van der Waals surface area contributed by atoms with Crippen LogP contribution >= 0.6 is 0 Å². The number of hydrogen-bond acceptors (Lipinski definition) is 3. The Balaban J connectivity index is 1.92. The summed E-state index contributed by atoms with van der Waals surface area (Å²) in [5.41, 5.74) is 5.49. The van der Waals surface area contributed by atoms with Crippen LogP contribution in [-0.2, 0) is 4.79 Å². The minimum absolute atomic E-state index is 0.157. The minimum atomic E-state index is -0.157. The van der Waals surface area contributed by atoms with Gasteiger partial charge in [0.2, 0.25) is 5.91 Å². The number of hydrogen-bond donors (Lipinski definition) is 1. The fraction of sp³-hybridized carbons (Fsp3) is 0.900. The van der Waals surface area contributed by atoms with Crippen molar-refractivity contribution in [3.8, 4) is 0 Å². The topological polar surface area (TPSA) is 49.6 Å². The first kappa shape index (κ1) is 9.93. The van der Waals surface area contributed by atoms with Gasteiger partial charge in [0.1, 0.15) is 0 Å². The summed E-state index contributed by atoms with van der Waals surface area (Å²) in [5.74, 6) is 0.299. The van der Waals surface area contributed by atoms with Gasteiger partial charge in [-0.2, -0.15) is 0 Å². The first-order chi connectivity index (χ1) is 6.68. The van der Waals surface area contributed by atoms with Crippen LogP contribution in [0.4, 0.5) is 0 Å². The molecule has 2 N–H and O–H groups in total. The van der Waals surface area contributed by atoms with Crippen LogP contribution in [-0.4, -0.2) is 55.5 Å². The van der Waals surface area contributed by atoms with Crippen molar-refractivity contribution in [2.45, 2.75) is 12.8 Å². The van der Waals surface area contributed by atoms with E-state index in [-0.39, 0.29) is 5.41 Å².